The van der Waals surface area contributed by atoms with E-state index in [1.807, 2.05) is 13.1 Å². The quantitative estimate of drug-likeness (QED) is 0.870. The van der Waals surface area contributed by atoms with Crippen molar-refractivity contribution in [2.45, 2.75) is 52.0 Å². The molecule has 0 spiro atoms. The van der Waals surface area contributed by atoms with Gasteiger partial charge in [0, 0.05) is 17.5 Å². The summed E-state index contributed by atoms with van der Waals surface area (Å²) in [5.74, 6) is 0.124. The van der Waals surface area contributed by atoms with Crippen LogP contribution in [0.15, 0.2) is 6.20 Å². The Balaban J connectivity index is 1.82. The van der Waals surface area contributed by atoms with E-state index in [0.29, 0.717) is 19.5 Å². The molecule has 1 amide bonds. The smallest absolute Gasteiger partial charge is 0.220 e. The van der Waals surface area contributed by atoms with Gasteiger partial charge in [-0.15, -0.1) is 11.3 Å². The van der Waals surface area contributed by atoms with Crippen molar-refractivity contribution in [3.05, 3.63) is 16.1 Å². The zero-order chi connectivity index (χ0) is 13.7. The Bertz CT molecular complexity index is 424. The topological polar surface area (TPSA) is 68.0 Å². The van der Waals surface area contributed by atoms with Gasteiger partial charge in [-0.2, -0.15) is 0 Å². The summed E-state index contributed by atoms with van der Waals surface area (Å²) in [6, 6.07) is 0. The number of hydrogen-bond acceptors (Lipinski definition) is 4. The van der Waals surface area contributed by atoms with Crippen LogP contribution in [0.1, 0.15) is 48.4 Å². The summed E-state index contributed by atoms with van der Waals surface area (Å²) in [6.45, 7) is 3.19. The Morgan fingerprint density at radius 3 is 2.79 bits per heavy atom. The summed E-state index contributed by atoms with van der Waals surface area (Å²) >= 11 is 1.63. The molecular weight excluding hydrogens is 258 g/mol. The zero-order valence-corrected chi connectivity index (χ0v) is 12.4. The third-order valence-corrected chi connectivity index (χ3v) is 4.92. The normalized spacial score (nSPS) is 18.2. The van der Waals surface area contributed by atoms with Crippen LogP contribution in [-0.2, 0) is 11.3 Å². The highest BCUT2D eigenvalue weighted by atomic mass is 32.1. The number of nitrogens with one attached hydrogen (secondary N) is 1. The van der Waals surface area contributed by atoms with Gasteiger partial charge in [-0.1, -0.05) is 19.3 Å². The van der Waals surface area contributed by atoms with Gasteiger partial charge >= 0.3 is 0 Å². The number of hydrogen-bond donors (Lipinski definition) is 2. The largest absolute Gasteiger partial charge is 0.351 e. The molecule has 19 heavy (non-hydrogen) atoms. The molecule has 0 saturated heterocycles. The molecule has 1 fully saturated rings. The zero-order valence-electron chi connectivity index (χ0n) is 11.6. The number of aromatic nitrogens is 1. The van der Waals surface area contributed by atoms with Gasteiger partial charge in [-0.3, -0.25) is 4.79 Å². The highest BCUT2D eigenvalue weighted by Crippen LogP contribution is 2.38. The molecule has 106 valence electrons. The average Bonchev–Trinajstić information content (AvgIpc) is 2.83. The van der Waals surface area contributed by atoms with E-state index < -0.39 is 0 Å². The Labute approximate surface area is 118 Å². The lowest BCUT2D eigenvalue weighted by Gasteiger charge is -2.35. The summed E-state index contributed by atoms with van der Waals surface area (Å²) in [5.41, 5.74) is 5.96. The lowest BCUT2D eigenvalue weighted by Crippen LogP contribution is -2.38. The number of nitrogens with two attached hydrogens (primary N) is 1. The van der Waals surface area contributed by atoms with E-state index in [4.69, 9.17) is 5.73 Å². The average molecular weight is 281 g/mol. The highest BCUT2D eigenvalue weighted by Gasteiger charge is 2.32. The van der Waals surface area contributed by atoms with E-state index in [1.54, 1.807) is 11.3 Å². The van der Waals surface area contributed by atoms with Crippen LogP contribution in [0.3, 0.4) is 0 Å². The summed E-state index contributed by atoms with van der Waals surface area (Å²) in [7, 11) is 0. The number of nitrogens with zero attached hydrogens (tertiary/aromatic N) is 1. The minimum Gasteiger partial charge on any atom is -0.351 e. The number of carbonyl (C=O) groups is 1. The molecule has 1 aromatic rings. The monoisotopic (exact) mass is 281 g/mol. The van der Waals surface area contributed by atoms with Crippen molar-refractivity contribution in [2.75, 3.05) is 6.54 Å². The molecule has 0 unspecified atom stereocenters. The third-order valence-electron chi connectivity index (χ3n) is 4.01. The van der Waals surface area contributed by atoms with E-state index in [0.717, 1.165) is 22.7 Å². The van der Waals surface area contributed by atoms with Crippen LogP contribution in [-0.4, -0.2) is 17.4 Å². The minimum atomic E-state index is 0.0476. The van der Waals surface area contributed by atoms with Gasteiger partial charge in [-0.05, 0) is 31.7 Å². The maximum absolute atomic E-state index is 12.1. The van der Waals surface area contributed by atoms with E-state index in [9.17, 15) is 4.79 Å². The van der Waals surface area contributed by atoms with Crippen molar-refractivity contribution in [1.29, 1.82) is 0 Å². The molecule has 0 bridgehead atoms. The van der Waals surface area contributed by atoms with E-state index in [-0.39, 0.29) is 11.3 Å². The van der Waals surface area contributed by atoms with Crippen LogP contribution in [0.2, 0.25) is 0 Å². The van der Waals surface area contributed by atoms with Crippen LogP contribution in [0.4, 0.5) is 0 Å². The molecular formula is C14H23N3OS. The second-order valence-corrected chi connectivity index (χ2v) is 6.88. The van der Waals surface area contributed by atoms with Gasteiger partial charge in [0.25, 0.3) is 0 Å². The molecule has 1 heterocycles. The highest BCUT2D eigenvalue weighted by molar-refractivity contribution is 7.11. The number of aryl methyl sites for hydroxylation is 1. The molecule has 4 nitrogen and oxygen atoms in total. The third kappa shape index (κ3) is 4.01. The number of amides is 1. The minimum absolute atomic E-state index is 0.0476. The molecule has 0 aromatic carbocycles. The predicted molar refractivity (Wildman–Crippen MR) is 77.9 cm³/mol. The van der Waals surface area contributed by atoms with Gasteiger partial charge in [-0.25, -0.2) is 4.98 Å². The maximum Gasteiger partial charge on any atom is 0.220 e. The second-order valence-electron chi connectivity index (χ2n) is 5.56. The fraction of sp³-hybridized carbons (Fsp3) is 0.714. The van der Waals surface area contributed by atoms with Gasteiger partial charge in [0.05, 0.1) is 11.6 Å². The second kappa shape index (κ2) is 6.48. The Hall–Kier alpha value is -0.940. The van der Waals surface area contributed by atoms with Gasteiger partial charge in [0.15, 0.2) is 0 Å². The molecule has 1 aliphatic carbocycles. The SMILES string of the molecule is Cc1ncc(CNC(=O)CC2(CN)CCCCC2)s1. The first kappa shape index (κ1) is 14.5. The molecule has 1 aliphatic rings. The first-order valence-corrected chi connectivity index (χ1v) is 7.83. The van der Waals surface area contributed by atoms with Gasteiger partial charge in [0.2, 0.25) is 5.91 Å². The Morgan fingerprint density at radius 1 is 1.47 bits per heavy atom. The summed E-state index contributed by atoms with van der Waals surface area (Å²) in [6.07, 6.45) is 8.29. The van der Waals surface area contributed by atoms with Gasteiger partial charge in [0.1, 0.15) is 0 Å². The van der Waals surface area contributed by atoms with Crippen molar-refractivity contribution in [3.63, 3.8) is 0 Å². The number of thiazole rings is 1. The van der Waals surface area contributed by atoms with E-state index in [2.05, 4.69) is 10.3 Å². The molecule has 0 radical (unpaired) electrons. The molecule has 1 aromatic heterocycles. The van der Waals surface area contributed by atoms with E-state index in [1.165, 1.54) is 19.3 Å². The van der Waals surface area contributed by atoms with Crippen LogP contribution < -0.4 is 11.1 Å². The summed E-state index contributed by atoms with van der Waals surface area (Å²) in [4.78, 5) is 17.4. The first-order valence-electron chi connectivity index (χ1n) is 7.02. The molecule has 1 saturated carbocycles. The molecule has 0 aliphatic heterocycles. The Morgan fingerprint density at radius 2 is 2.21 bits per heavy atom. The van der Waals surface area contributed by atoms with Crippen LogP contribution in [0.5, 0.6) is 0 Å². The maximum atomic E-state index is 12.1. The Kier molecular flexibility index (Phi) is 4.93. The molecule has 5 heteroatoms. The predicted octanol–water partition coefficient (Wildman–Crippen LogP) is 2.37. The van der Waals surface area contributed by atoms with Gasteiger partial charge < -0.3 is 11.1 Å². The van der Waals surface area contributed by atoms with Crippen molar-refractivity contribution in [1.82, 2.24) is 10.3 Å². The van der Waals surface area contributed by atoms with Crippen molar-refractivity contribution in [2.24, 2.45) is 11.1 Å². The van der Waals surface area contributed by atoms with Crippen molar-refractivity contribution >= 4 is 17.2 Å². The standard InChI is InChI=1S/C14H23N3OS/c1-11-16-8-12(19-11)9-17-13(18)7-14(10-15)5-3-2-4-6-14/h8H,2-7,9-10,15H2,1H3,(H,17,18). The van der Waals surface area contributed by atoms with Crippen LogP contribution in [0.25, 0.3) is 0 Å². The summed E-state index contributed by atoms with van der Waals surface area (Å²) in [5, 5.41) is 4.03. The fourth-order valence-electron chi connectivity index (χ4n) is 2.83. The van der Waals surface area contributed by atoms with Crippen LogP contribution >= 0.6 is 11.3 Å². The number of rotatable bonds is 5. The van der Waals surface area contributed by atoms with Crippen molar-refractivity contribution in [3.8, 4) is 0 Å². The fourth-order valence-corrected chi connectivity index (χ4v) is 3.57. The van der Waals surface area contributed by atoms with Crippen molar-refractivity contribution < 1.29 is 4.79 Å². The lowest BCUT2D eigenvalue weighted by atomic mass is 9.71. The number of carbonyl (C=O) groups excluding carboxylic acids is 1. The van der Waals surface area contributed by atoms with E-state index >= 15 is 0 Å². The van der Waals surface area contributed by atoms with Crippen LogP contribution in [0, 0.1) is 12.3 Å². The molecule has 3 N–H and O–H groups in total. The first-order chi connectivity index (χ1) is 9.13. The lowest BCUT2D eigenvalue weighted by molar-refractivity contribution is -0.124. The molecule has 2 rings (SSSR count). The summed E-state index contributed by atoms with van der Waals surface area (Å²) < 4.78 is 0. The molecule has 0 atom stereocenters.